The van der Waals surface area contributed by atoms with Gasteiger partial charge in [-0.3, -0.25) is 10.3 Å². The first-order chi connectivity index (χ1) is 19.7. The molecule has 0 bridgehead atoms. The SMILES string of the molecule is C=C/C=C(\C=N/CNC1N/C=C/CC(C)/C(CCC(=C/C)/C(F)=C2/C[C@@H](C)N(CC)C2=C)=C\1F)N1CCN(C)CC1. The molecule has 226 valence electrons. The van der Waals surface area contributed by atoms with Crippen molar-refractivity contribution in [3.05, 3.63) is 83.4 Å². The molecule has 0 aromatic rings. The second-order valence-corrected chi connectivity index (χ2v) is 11.2. The van der Waals surface area contributed by atoms with Crippen molar-refractivity contribution in [3.63, 3.8) is 0 Å². The second kappa shape index (κ2) is 15.9. The molecule has 0 aromatic heterocycles. The Morgan fingerprint density at radius 1 is 1.24 bits per heavy atom. The van der Waals surface area contributed by atoms with E-state index < -0.39 is 6.17 Å². The lowest BCUT2D eigenvalue weighted by Crippen LogP contribution is -2.44. The monoisotopic (exact) mass is 568 g/mol. The minimum atomic E-state index is -0.706. The maximum atomic E-state index is 16.0. The number of hydrogen-bond donors (Lipinski definition) is 2. The summed E-state index contributed by atoms with van der Waals surface area (Å²) in [6.07, 6.45) is 12.7. The Balaban J connectivity index is 1.69. The summed E-state index contributed by atoms with van der Waals surface area (Å²) in [5.41, 5.74) is 3.76. The lowest BCUT2D eigenvalue weighted by atomic mass is 9.89. The Bertz CT molecular complexity index is 1110. The molecule has 2 saturated heterocycles. The molecule has 2 N–H and O–H groups in total. The molecule has 0 aliphatic carbocycles. The molecule has 2 unspecified atom stereocenters. The number of aliphatic imine (C=N–C) groups is 1. The Morgan fingerprint density at radius 2 is 1.98 bits per heavy atom. The largest absolute Gasteiger partial charge is 0.370 e. The molecular formula is C33H50F2N6. The highest BCUT2D eigenvalue weighted by Crippen LogP contribution is 2.38. The van der Waals surface area contributed by atoms with E-state index in [1.807, 2.05) is 38.3 Å². The summed E-state index contributed by atoms with van der Waals surface area (Å²) < 4.78 is 31.7. The predicted octanol–water partition coefficient (Wildman–Crippen LogP) is 6.19. The second-order valence-electron chi connectivity index (χ2n) is 11.2. The Morgan fingerprint density at radius 3 is 2.61 bits per heavy atom. The highest BCUT2D eigenvalue weighted by Gasteiger charge is 2.30. The summed E-state index contributed by atoms with van der Waals surface area (Å²) in [6, 6.07) is 0.231. The van der Waals surface area contributed by atoms with E-state index in [0.29, 0.717) is 36.0 Å². The molecule has 0 radical (unpaired) electrons. The van der Waals surface area contributed by atoms with E-state index in [2.05, 4.69) is 64.4 Å². The number of hydrogen-bond acceptors (Lipinski definition) is 6. The molecule has 0 amide bonds. The first-order valence-electron chi connectivity index (χ1n) is 15.0. The summed E-state index contributed by atoms with van der Waals surface area (Å²) in [7, 11) is 2.12. The van der Waals surface area contributed by atoms with Crippen LogP contribution in [0.3, 0.4) is 0 Å². The number of likely N-dealkylation sites (N-methyl/N-ethyl adjacent to an activating group) is 2. The van der Waals surface area contributed by atoms with Crippen LogP contribution in [0.1, 0.15) is 53.4 Å². The van der Waals surface area contributed by atoms with Crippen molar-refractivity contribution in [1.82, 2.24) is 25.3 Å². The van der Waals surface area contributed by atoms with Crippen LogP contribution in [0.5, 0.6) is 0 Å². The molecule has 3 atom stereocenters. The van der Waals surface area contributed by atoms with Crippen LogP contribution in [0.2, 0.25) is 0 Å². The fraction of sp³-hybridized carbons (Fsp3) is 0.545. The highest BCUT2D eigenvalue weighted by atomic mass is 19.1. The lowest BCUT2D eigenvalue weighted by Gasteiger charge is -2.34. The average molecular weight is 569 g/mol. The van der Waals surface area contributed by atoms with Crippen molar-refractivity contribution in [2.75, 3.05) is 46.4 Å². The minimum Gasteiger partial charge on any atom is -0.370 e. The number of nitrogens with one attached hydrogen (secondary N) is 2. The van der Waals surface area contributed by atoms with Crippen LogP contribution >= 0.6 is 0 Å². The van der Waals surface area contributed by atoms with Gasteiger partial charge in [0.25, 0.3) is 0 Å². The summed E-state index contributed by atoms with van der Waals surface area (Å²) in [4.78, 5) is 11.3. The van der Waals surface area contributed by atoms with Gasteiger partial charge in [-0.05, 0) is 82.8 Å². The molecule has 3 aliphatic heterocycles. The van der Waals surface area contributed by atoms with Crippen LogP contribution < -0.4 is 10.6 Å². The summed E-state index contributed by atoms with van der Waals surface area (Å²) in [6.45, 7) is 20.9. The maximum Gasteiger partial charge on any atom is 0.136 e. The first kappa shape index (κ1) is 32.5. The number of allylic oxidation sites excluding steroid dienone is 9. The van der Waals surface area contributed by atoms with Gasteiger partial charge in [-0.25, -0.2) is 8.78 Å². The fourth-order valence-corrected chi connectivity index (χ4v) is 5.81. The van der Waals surface area contributed by atoms with Crippen molar-refractivity contribution in [3.8, 4) is 0 Å². The molecule has 6 nitrogen and oxygen atoms in total. The topological polar surface area (TPSA) is 46.1 Å². The van der Waals surface area contributed by atoms with Crippen molar-refractivity contribution >= 4 is 6.21 Å². The maximum absolute atomic E-state index is 16.0. The van der Waals surface area contributed by atoms with Crippen LogP contribution in [-0.2, 0) is 0 Å². The van der Waals surface area contributed by atoms with Gasteiger partial charge in [0.05, 0.1) is 12.4 Å². The fourth-order valence-electron chi connectivity index (χ4n) is 5.81. The molecule has 0 spiro atoms. The van der Waals surface area contributed by atoms with Gasteiger partial charge in [0.15, 0.2) is 0 Å². The predicted molar refractivity (Wildman–Crippen MR) is 169 cm³/mol. The number of likely N-dealkylation sites (tertiary alicyclic amines) is 1. The number of piperazine rings is 1. The van der Waals surface area contributed by atoms with Gasteiger partial charge >= 0.3 is 0 Å². The van der Waals surface area contributed by atoms with Gasteiger partial charge in [0.1, 0.15) is 17.8 Å². The van der Waals surface area contributed by atoms with E-state index in [1.54, 1.807) is 12.3 Å². The molecule has 3 aliphatic rings. The highest BCUT2D eigenvalue weighted by molar-refractivity contribution is 5.78. The van der Waals surface area contributed by atoms with Crippen LogP contribution in [0.4, 0.5) is 8.78 Å². The minimum absolute atomic E-state index is 0.00591. The summed E-state index contributed by atoms with van der Waals surface area (Å²) in [5, 5.41) is 6.33. The van der Waals surface area contributed by atoms with Crippen molar-refractivity contribution in [2.24, 2.45) is 10.9 Å². The number of halogens is 2. The summed E-state index contributed by atoms with van der Waals surface area (Å²) >= 11 is 0. The number of nitrogens with zero attached hydrogens (tertiary/aromatic N) is 4. The van der Waals surface area contributed by atoms with E-state index in [-0.39, 0.29) is 30.3 Å². The van der Waals surface area contributed by atoms with E-state index in [9.17, 15) is 0 Å². The van der Waals surface area contributed by atoms with Crippen LogP contribution in [0, 0.1) is 5.92 Å². The van der Waals surface area contributed by atoms with Crippen LogP contribution in [0.25, 0.3) is 0 Å². The Hall–Kier alpha value is -2.97. The zero-order valence-corrected chi connectivity index (χ0v) is 25.7. The molecule has 2 fully saturated rings. The van der Waals surface area contributed by atoms with E-state index in [1.165, 1.54) is 0 Å². The standard InChI is InChI=1S/C33H50F2N6/c1-8-12-28(40-19-17-39(7)18-20-40)22-36-23-38-33-32(35)29(24(4)13-11-16-37-33)15-14-27(9-2)31(34)30-21-25(5)41(10-3)26(30)6/h8-9,11-12,16,22,24-25,33,37-38H,1,6,10,13-15,17-21,23H2,2-5,7H3/b16-11+,27-9-,28-12+,31-30+,32-29+,36-22-/t24?,25-,33?/m1/s1. The van der Waals surface area contributed by atoms with Gasteiger partial charge in [-0.15, -0.1) is 0 Å². The first-order valence-corrected chi connectivity index (χ1v) is 15.0. The smallest absolute Gasteiger partial charge is 0.136 e. The zero-order chi connectivity index (χ0) is 29.9. The summed E-state index contributed by atoms with van der Waals surface area (Å²) in [5.74, 6) is -0.436. The average Bonchev–Trinajstić information content (AvgIpc) is 3.25. The van der Waals surface area contributed by atoms with Gasteiger partial charge in [0.2, 0.25) is 0 Å². The third kappa shape index (κ3) is 8.52. The van der Waals surface area contributed by atoms with Gasteiger partial charge < -0.3 is 20.0 Å². The molecule has 3 heterocycles. The quantitative estimate of drug-likeness (QED) is 0.230. The molecule has 0 aromatic carbocycles. The van der Waals surface area contributed by atoms with E-state index >= 15 is 8.78 Å². The third-order valence-corrected chi connectivity index (χ3v) is 8.42. The zero-order valence-electron chi connectivity index (χ0n) is 25.7. The van der Waals surface area contributed by atoms with E-state index in [0.717, 1.165) is 50.5 Å². The van der Waals surface area contributed by atoms with Crippen molar-refractivity contribution in [2.45, 2.75) is 65.6 Å². The molecule has 3 rings (SSSR count). The van der Waals surface area contributed by atoms with Crippen molar-refractivity contribution in [1.29, 1.82) is 0 Å². The van der Waals surface area contributed by atoms with E-state index in [4.69, 9.17) is 0 Å². The van der Waals surface area contributed by atoms with Crippen molar-refractivity contribution < 1.29 is 8.78 Å². The van der Waals surface area contributed by atoms with Gasteiger partial charge in [0, 0.05) is 56.3 Å². The normalized spacial score (nSPS) is 29.0. The number of rotatable bonds is 11. The molecule has 41 heavy (non-hydrogen) atoms. The van der Waals surface area contributed by atoms with Crippen LogP contribution in [0.15, 0.2) is 88.4 Å². The Kier molecular flexibility index (Phi) is 12.6. The molecular weight excluding hydrogens is 518 g/mol. The Labute approximate surface area is 246 Å². The molecule has 0 saturated carbocycles. The van der Waals surface area contributed by atoms with Crippen LogP contribution in [-0.4, -0.2) is 79.6 Å². The third-order valence-electron chi connectivity index (χ3n) is 8.42. The van der Waals surface area contributed by atoms with Gasteiger partial charge in [-0.1, -0.05) is 38.3 Å². The molecule has 8 heteroatoms. The lowest BCUT2D eigenvalue weighted by molar-refractivity contribution is 0.193. The van der Waals surface area contributed by atoms with Gasteiger partial charge in [-0.2, -0.15) is 0 Å².